The van der Waals surface area contributed by atoms with Crippen molar-refractivity contribution < 1.29 is 17.6 Å². The van der Waals surface area contributed by atoms with Crippen LogP contribution in [0.5, 0.6) is 0 Å². The summed E-state index contributed by atoms with van der Waals surface area (Å²) in [6, 6.07) is 17.9. The lowest BCUT2D eigenvalue weighted by Crippen LogP contribution is -2.24. The molecule has 4 aromatic rings. The number of halogens is 4. The lowest BCUT2D eigenvalue weighted by atomic mass is 10.1. The Bertz CT molecular complexity index is 1280. The molecule has 0 saturated heterocycles. The molecule has 3 nitrogen and oxygen atoms in total. The van der Waals surface area contributed by atoms with Crippen LogP contribution in [-0.2, 0) is 18.5 Å². The molecule has 0 unspecified atom stereocenters. The molecule has 3 aromatic carbocycles. The molecule has 0 radical (unpaired) electrons. The van der Waals surface area contributed by atoms with E-state index in [0.29, 0.717) is 21.6 Å². The Morgan fingerprint density at radius 3 is 2.32 bits per heavy atom. The summed E-state index contributed by atoms with van der Waals surface area (Å²) in [5.41, 5.74) is 0.237. The van der Waals surface area contributed by atoms with Crippen LogP contribution >= 0.6 is 11.8 Å². The SMILES string of the molecule is O=c1c2ccccc2nc(SCc2ccccc2C(F)(F)F)n1Cc1ccc(F)cc1. The van der Waals surface area contributed by atoms with Crippen LogP contribution in [0.25, 0.3) is 10.9 Å². The lowest BCUT2D eigenvalue weighted by molar-refractivity contribution is -0.138. The second-order valence-electron chi connectivity index (χ2n) is 6.87. The van der Waals surface area contributed by atoms with Gasteiger partial charge in [-0.2, -0.15) is 13.2 Å². The van der Waals surface area contributed by atoms with Crippen LogP contribution in [-0.4, -0.2) is 9.55 Å². The molecule has 0 spiro atoms. The Morgan fingerprint density at radius 2 is 1.58 bits per heavy atom. The zero-order valence-corrected chi connectivity index (χ0v) is 16.9. The number of nitrogens with zero attached hydrogens (tertiary/aromatic N) is 2. The molecule has 0 saturated carbocycles. The number of alkyl halides is 3. The van der Waals surface area contributed by atoms with Gasteiger partial charge < -0.3 is 0 Å². The molecule has 0 bridgehead atoms. The Kier molecular flexibility index (Phi) is 5.82. The Balaban J connectivity index is 1.75. The van der Waals surface area contributed by atoms with Gasteiger partial charge in [-0.05, 0) is 41.5 Å². The van der Waals surface area contributed by atoms with Gasteiger partial charge in [0.05, 0.1) is 23.0 Å². The van der Waals surface area contributed by atoms with Gasteiger partial charge in [0.1, 0.15) is 5.82 Å². The van der Waals surface area contributed by atoms with Crippen LogP contribution < -0.4 is 5.56 Å². The molecule has 0 amide bonds. The molecule has 158 valence electrons. The summed E-state index contributed by atoms with van der Waals surface area (Å²) >= 11 is 1.06. The first-order valence-corrected chi connectivity index (χ1v) is 10.3. The monoisotopic (exact) mass is 444 g/mol. The van der Waals surface area contributed by atoms with Crippen LogP contribution in [0.2, 0.25) is 0 Å². The van der Waals surface area contributed by atoms with Gasteiger partial charge >= 0.3 is 6.18 Å². The molecule has 31 heavy (non-hydrogen) atoms. The van der Waals surface area contributed by atoms with Crippen molar-refractivity contribution in [1.29, 1.82) is 0 Å². The largest absolute Gasteiger partial charge is 0.416 e. The highest BCUT2D eigenvalue weighted by atomic mass is 32.2. The van der Waals surface area contributed by atoms with E-state index in [0.717, 1.165) is 17.8 Å². The first-order chi connectivity index (χ1) is 14.8. The highest BCUT2D eigenvalue weighted by molar-refractivity contribution is 7.98. The van der Waals surface area contributed by atoms with Crippen molar-refractivity contribution in [3.05, 3.63) is 106 Å². The fourth-order valence-electron chi connectivity index (χ4n) is 3.23. The Hall–Kier alpha value is -3.13. The molecule has 4 rings (SSSR count). The number of hydrogen-bond donors (Lipinski definition) is 0. The van der Waals surface area contributed by atoms with Crippen molar-refractivity contribution >= 4 is 22.7 Å². The minimum atomic E-state index is -4.47. The maximum absolute atomic E-state index is 13.3. The molecule has 0 N–H and O–H groups in total. The second-order valence-corrected chi connectivity index (χ2v) is 7.82. The summed E-state index contributed by atoms with van der Waals surface area (Å²) < 4.78 is 54.7. The third kappa shape index (κ3) is 4.64. The summed E-state index contributed by atoms with van der Waals surface area (Å²) in [5, 5.41) is 0.703. The van der Waals surface area contributed by atoms with E-state index in [9.17, 15) is 22.4 Å². The fraction of sp³-hybridized carbons (Fsp3) is 0.130. The summed E-state index contributed by atoms with van der Waals surface area (Å²) in [7, 11) is 0. The number of benzene rings is 3. The molecule has 1 aromatic heterocycles. The average molecular weight is 444 g/mol. The first-order valence-electron chi connectivity index (χ1n) is 9.35. The Morgan fingerprint density at radius 1 is 0.903 bits per heavy atom. The standard InChI is InChI=1S/C23H16F4N2OS/c24-17-11-9-15(10-12-17)13-29-21(30)18-6-2-4-8-20(18)28-22(29)31-14-16-5-1-3-7-19(16)23(25,26)27/h1-12H,13-14H2. The van der Waals surface area contributed by atoms with Crippen molar-refractivity contribution in [3.63, 3.8) is 0 Å². The van der Waals surface area contributed by atoms with Crippen molar-refractivity contribution in [2.24, 2.45) is 0 Å². The van der Waals surface area contributed by atoms with E-state index in [4.69, 9.17) is 0 Å². The molecule has 8 heteroatoms. The van der Waals surface area contributed by atoms with Gasteiger partial charge in [0.2, 0.25) is 0 Å². The minimum absolute atomic E-state index is 0.0100. The number of hydrogen-bond acceptors (Lipinski definition) is 3. The van der Waals surface area contributed by atoms with Crippen molar-refractivity contribution in [2.45, 2.75) is 23.6 Å². The number of fused-ring (bicyclic) bond motifs is 1. The van der Waals surface area contributed by atoms with E-state index in [1.165, 1.54) is 28.8 Å². The van der Waals surface area contributed by atoms with Crippen LogP contribution in [0, 0.1) is 5.82 Å². The highest BCUT2D eigenvalue weighted by Crippen LogP contribution is 2.34. The highest BCUT2D eigenvalue weighted by Gasteiger charge is 2.32. The van der Waals surface area contributed by atoms with Gasteiger partial charge in [-0.15, -0.1) is 0 Å². The van der Waals surface area contributed by atoms with Crippen LogP contribution in [0.3, 0.4) is 0 Å². The molecule has 0 aliphatic carbocycles. The molecule has 0 fully saturated rings. The lowest BCUT2D eigenvalue weighted by Gasteiger charge is -2.15. The molecular weight excluding hydrogens is 428 g/mol. The van der Waals surface area contributed by atoms with Gasteiger partial charge in [0.15, 0.2) is 5.16 Å². The van der Waals surface area contributed by atoms with Crippen LogP contribution in [0.4, 0.5) is 17.6 Å². The van der Waals surface area contributed by atoms with Gasteiger partial charge in [0.25, 0.3) is 5.56 Å². The first kappa shape index (κ1) is 21.1. The molecule has 0 atom stereocenters. The quantitative estimate of drug-likeness (QED) is 0.219. The maximum atomic E-state index is 13.3. The van der Waals surface area contributed by atoms with Gasteiger partial charge in [-0.3, -0.25) is 9.36 Å². The molecular formula is C23H16F4N2OS. The van der Waals surface area contributed by atoms with E-state index < -0.39 is 17.6 Å². The topological polar surface area (TPSA) is 34.9 Å². The molecule has 0 aliphatic heterocycles. The second kappa shape index (κ2) is 8.55. The van der Waals surface area contributed by atoms with Crippen molar-refractivity contribution in [3.8, 4) is 0 Å². The summed E-state index contributed by atoms with van der Waals surface area (Å²) in [5.74, 6) is -0.407. The molecule has 1 heterocycles. The van der Waals surface area contributed by atoms with Crippen molar-refractivity contribution in [1.82, 2.24) is 9.55 Å². The number of aromatic nitrogens is 2. The van der Waals surface area contributed by atoms with Crippen LogP contribution in [0.1, 0.15) is 16.7 Å². The van der Waals surface area contributed by atoms with E-state index >= 15 is 0 Å². The smallest absolute Gasteiger partial charge is 0.283 e. The Labute approximate surface area is 179 Å². The molecule has 0 aliphatic rings. The zero-order chi connectivity index (χ0) is 22.0. The average Bonchev–Trinajstić information content (AvgIpc) is 2.75. The van der Waals surface area contributed by atoms with E-state index in [1.807, 2.05) is 0 Å². The summed E-state index contributed by atoms with van der Waals surface area (Å²) in [6.45, 7) is 0.125. The summed E-state index contributed by atoms with van der Waals surface area (Å²) in [4.78, 5) is 17.6. The third-order valence-electron chi connectivity index (χ3n) is 4.76. The number of thioether (sulfide) groups is 1. The predicted octanol–water partition coefficient (Wildman–Crippen LogP) is 5.90. The fourth-order valence-corrected chi connectivity index (χ4v) is 4.24. The van der Waals surface area contributed by atoms with Crippen molar-refractivity contribution in [2.75, 3.05) is 0 Å². The third-order valence-corrected chi connectivity index (χ3v) is 5.79. The summed E-state index contributed by atoms with van der Waals surface area (Å²) in [6.07, 6.45) is -4.47. The number of rotatable bonds is 5. The van der Waals surface area contributed by atoms with Gasteiger partial charge in [-0.1, -0.05) is 54.2 Å². The normalized spacial score (nSPS) is 11.7. The van der Waals surface area contributed by atoms with Crippen LogP contribution in [0.15, 0.2) is 82.7 Å². The minimum Gasteiger partial charge on any atom is -0.283 e. The number of para-hydroxylation sites is 1. The maximum Gasteiger partial charge on any atom is 0.416 e. The van der Waals surface area contributed by atoms with E-state index in [-0.39, 0.29) is 23.4 Å². The zero-order valence-electron chi connectivity index (χ0n) is 16.1. The van der Waals surface area contributed by atoms with E-state index in [1.54, 1.807) is 42.5 Å². The van der Waals surface area contributed by atoms with E-state index in [2.05, 4.69) is 4.98 Å². The predicted molar refractivity (Wildman–Crippen MR) is 113 cm³/mol. The van der Waals surface area contributed by atoms with Gasteiger partial charge in [0, 0.05) is 5.75 Å². The van der Waals surface area contributed by atoms with Gasteiger partial charge in [-0.25, -0.2) is 9.37 Å².